The van der Waals surface area contributed by atoms with Gasteiger partial charge in [-0.1, -0.05) is 19.4 Å². The van der Waals surface area contributed by atoms with E-state index in [0.717, 1.165) is 16.6 Å². The summed E-state index contributed by atoms with van der Waals surface area (Å²) in [6.45, 7) is 2.24. The molecule has 1 aliphatic carbocycles. The average Bonchev–Trinajstić information content (AvgIpc) is 2.66. The normalized spacial score (nSPS) is 24.6. The van der Waals surface area contributed by atoms with Gasteiger partial charge in [0.1, 0.15) is 0 Å². The molecule has 2 unspecified atom stereocenters. The highest BCUT2D eigenvalue weighted by Gasteiger charge is 2.26. The summed E-state index contributed by atoms with van der Waals surface area (Å²) >= 11 is 2.08. The van der Waals surface area contributed by atoms with E-state index in [4.69, 9.17) is 5.73 Å². The smallest absolute Gasteiger partial charge is 0.0380 e. The summed E-state index contributed by atoms with van der Waals surface area (Å²) in [6.07, 6.45) is 3.97. The summed E-state index contributed by atoms with van der Waals surface area (Å²) in [7, 11) is 0. The lowest BCUT2D eigenvalue weighted by Gasteiger charge is -2.21. The van der Waals surface area contributed by atoms with Gasteiger partial charge in [0.2, 0.25) is 0 Å². The summed E-state index contributed by atoms with van der Waals surface area (Å²) in [6, 6.07) is 8.67. The molecule has 0 spiro atoms. The SMILES string of the molecule is CCSC1CCCC1Nc1cccc(N)c1. The van der Waals surface area contributed by atoms with E-state index in [1.165, 1.54) is 25.0 Å². The molecule has 0 bridgehead atoms. The standard InChI is InChI=1S/C13H20N2S/c1-2-16-13-8-4-7-12(13)15-11-6-3-5-10(14)9-11/h3,5-6,9,12-13,15H,2,4,7-8,14H2,1H3. The molecule has 0 heterocycles. The van der Waals surface area contributed by atoms with Crippen molar-refractivity contribution in [2.75, 3.05) is 16.8 Å². The first-order chi connectivity index (χ1) is 7.79. The Balaban J connectivity index is 1.98. The minimum atomic E-state index is 0.617. The van der Waals surface area contributed by atoms with Gasteiger partial charge in [-0.25, -0.2) is 0 Å². The number of hydrogen-bond acceptors (Lipinski definition) is 3. The van der Waals surface area contributed by atoms with Crippen molar-refractivity contribution < 1.29 is 0 Å². The van der Waals surface area contributed by atoms with E-state index >= 15 is 0 Å². The second-order valence-corrected chi connectivity index (χ2v) is 5.82. The van der Waals surface area contributed by atoms with Crippen LogP contribution in [0.15, 0.2) is 24.3 Å². The molecule has 0 saturated heterocycles. The molecule has 3 heteroatoms. The van der Waals surface area contributed by atoms with Gasteiger partial charge in [0.05, 0.1) is 0 Å². The topological polar surface area (TPSA) is 38.0 Å². The third kappa shape index (κ3) is 2.85. The molecule has 0 aliphatic heterocycles. The molecule has 3 N–H and O–H groups in total. The molecule has 1 fully saturated rings. The Morgan fingerprint density at radius 1 is 1.44 bits per heavy atom. The quantitative estimate of drug-likeness (QED) is 0.787. The molecule has 0 aromatic heterocycles. The highest BCUT2D eigenvalue weighted by molar-refractivity contribution is 7.99. The fourth-order valence-corrected chi connectivity index (χ4v) is 3.55. The minimum Gasteiger partial charge on any atom is -0.399 e. The van der Waals surface area contributed by atoms with Crippen LogP contribution in [0.2, 0.25) is 0 Å². The van der Waals surface area contributed by atoms with Crippen molar-refractivity contribution >= 4 is 23.1 Å². The fraction of sp³-hybridized carbons (Fsp3) is 0.538. The summed E-state index contributed by atoms with van der Waals surface area (Å²) in [5.41, 5.74) is 7.78. The Kier molecular flexibility index (Phi) is 3.99. The van der Waals surface area contributed by atoms with E-state index in [0.29, 0.717) is 6.04 Å². The average molecular weight is 236 g/mol. The lowest BCUT2D eigenvalue weighted by Crippen LogP contribution is -2.26. The number of anilines is 2. The van der Waals surface area contributed by atoms with Crippen molar-refractivity contribution in [2.45, 2.75) is 37.5 Å². The van der Waals surface area contributed by atoms with Crippen molar-refractivity contribution in [3.05, 3.63) is 24.3 Å². The highest BCUT2D eigenvalue weighted by atomic mass is 32.2. The van der Waals surface area contributed by atoms with Crippen LogP contribution >= 0.6 is 11.8 Å². The molecule has 2 atom stereocenters. The van der Waals surface area contributed by atoms with E-state index in [1.54, 1.807) is 0 Å². The maximum absolute atomic E-state index is 5.78. The minimum absolute atomic E-state index is 0.617. The Labute approximate surface area is 102 Å². The van der Waals surface area contributed by atoms with E-state index in [9.17, 15) is 0 Å². The molecule has 2 rings (SSSR count). The number of nitrogen functional groups attached to an aromatic ring is 1. The van der Waals surface area contributed by atoms with Crippen LogP contribution in [0.25, 0.3) is 0 Å². The Bertz CT molecular complexity index is 340. The molecular weight excluding hydrogens is 216 g/mol. The van der Waals surface area contributed by atoms with Crippen LogP contribution in [0.3, 0.4) is 0 Å². The van der Waals surface area contributed by atoms with Crippen LogP contribution in [0, 0.1) is 0 Å². The van der Waals surface area contributed by atoms with Gasteiger partial charge in [-0.3, -0.25) is 0 Å². The maximum Gasteiger partial charge on any atom is 0.0380 e. The Morgan fingerprint density at radius 3 is 3.06 bits per heavy atom. The number of rotatable bonds is 4. The van der Waals surface area contributed by atoms with Gasteiger partial charge in [-0.15, -0.1) is 0 Å². The van der Waals surface area contributed by atoms with Gasteiger partial charge in [0.15, 0.2) is 0 Å². The fourth-order valence-electron chi connectivity index (χ4n) is 2.35. The van der Waals surface area contributed by atoms with Gasteiger partial charge in [0.25, 0.3) is 0 Å². The lowest BCUT2D eigenvalue weighted by molar-refractivity contribution is 0.768. The van der Waals surface area contributed by atoms with Crippen molar-refractivity contribution in [2.24, 2.45) is 0 Å². The third-order valence-corrected chi connectivity index (χ3v) is 4.40. The Morgan fingerprint density at radius 2 is 2.31 bits per heavy atom. The van der Waals surface area contributed by atoms with Gasteiger partial charge in [-0.2, -0.15) is 11.8 Å². The zero-order valence-electron chi connectivity index (χ0n) is 9.78. The molecule has 1 aliphatic rings. The first-order valence-electron chi connectivity index (χ1n) is 6.03. The summed E-state index contributed by atoms with van der Waals surface area (Å²) in [5.74, 6) is 1.21. The highest BCUT2D eigenvalue weighted by Crippen LogP contribution is 2.32. The maximum atomic E-state index is 5.78. The van der Waals surface area contributed by atoms with E-state index in [-0.39, 0.29) is 0 Å². The molecule has 16 heavy (non-hydrogen) atoms. The molecule has 1 saturated carbocycles. The molecule has 0 amide bonds. The number of benzene rings is 1. The first-order valence-corrected chi connectivity index (χ1v) is 7.08. The van der Waals surface area contributed by atoms with Crippen molar-refractivity contribution in [1.29, 1.82) is 0 Å². The van der Waals surface area contributed by atoms with Gasteiger partial charge in [0, 0.05) is 22.7 Å². The monoisotopic (exact) mass is 236 g/mol. The predicted octanol–water partition coefficient (Wildman–Crippen LogP) is 3.35. The van der Waals surface area contributed by atoms with Crippen LogP contribution in [0.1, 0.15) is 26.2 Å². The second kappa shape index (κ2) is 5.48. The zero-order chi connectivity index (χ0) is 11.4. The summed E-state index contributed by atoms with van der Waals surface area (Å²) in [4.78, 5) is 0. The van der Waals surface area contributed by atoms with E-state index < -0.39 is 0 Å². The van der Waals surface area contributed by atoms with Crippen molar-refractivity contribution in [3.63, 3.8) is 0 Å². The van der Waals surface area contributed by atoms with Gasteiger partial charge in [-0.05, 0) is 36.8 Å². The van der Waals surface area contributed by atoms with Gasteiger partial charge >= 0.3 is 0 Å². The van der Waals surface area contributed by atoms with Crippen LogP contribution in [-0.4, -0.2) is 17.0 Å². The third-order valence-electron chi connectivity index (χ3n) is 3.07. The number of nitrogens with one attached hydrogen (secondary N) is 1. The number of nitrogens with two attached hydrogens (primary N) is 1. The molecular formula is C13H20N2S. The Hall–Kier alpha value is -0.830. The lowest BCUT2D eigenvalue weighted by atomic mass is 10.2. The molecule has 0 radical (unpaired) electrons. The van der Waals surface area contributed by atoms with Crippen LogP contribution < -0.4 is 11.1 Å². The molecule has 88 valence electrons. The van der Waals surface area contributed by atoms with E-state index in [1.807, 2.05) is 18.2 Å². The predicted molar refractivity (Wildman–Crippen MR) is 74.0 cm³/mol. The van der Waals surface area contributed by atoms with Gasteiger partial charge < -0.3 is 11.1 Å². The van der Waals surface area contributed by atoms with Crippen LogP contribution in [0.5, 0.6) is 0 Å². The van der Waals surface area contributed by atoms with Crippen LogP contribution in [0.4, 0.5) is 11.4 Å². The van der Waals surface area contributed by atoms with Crippen molar-refractivity contribution in [1.82, 2.24) is 0 Å². The largest absolute Gasteiger partial charge is 0.399 e. The van der Waals surface area contributed by atoms with Crippen LogP contribution in [-0.2, 0) is 0 Å². The zero-order valence-corrected chi connectivity index (χ0v) is 10.6. The number of hydrogen-bond donors (Lipinski definition) is 2. The molecule has 1 aromatic rings. The molecule has 2 nitrogen and oxygen atoms in total. The second-order valence-electron chi connectivity index (χ2n) is 4.30. The number of thioether (sulfide) groups is 1. The molecule has 1 aromatic carbocycles. The first kappa shape index (κ1) is 11.6. The van der Waals surface area contributed by atoms with E-state index in [2.05, 4.69) is 30.1 Å². The summed E-state index contributed by atoms with van der Waals surface area (Å²) in [5, 5.41) is 4.39. The van der Waals surface area contributed by atoms with Crippen molar-refractivity contribution in [3.8, 4) is 0 Å². The summed E-state index contributed by atoms with van der Waals surface area (Å²) < 4.78 is 0.